The first kappa shape index (κ1) is 18.1. The largest absolute Gasteiger partial charge is 0.369 e. The van der Waals surface area contributed by atoms with Crippen molar-refractivity contribution in [1.82, 2.24) is 15.0 Å². The number of pyridine rings is 1. The zero-order valence-corrected chi connectivity index (χ0v) is 15.3. The number of nitrogens with zero attached hydrogens (tertiary/aromatic N) is 3. The minimum Gasteiger partial charge on any atom is -0.369 e. The van der Waals surface area contributed by atoms with Gasteiger partial charge in [-0.15, -0.1) is 0 Å². The Hall–Kier alpha value is -3.29. The quantitative estimate of drug-likeness (QED) is 0.750. The molecule has 2 N–H and O–H groups in total. The summed E-state index contributed by atoms with van der Waals surface area (Å²) in [5, 5.41) is 4.43. The van der Waals surface area contributed by atoms with Crippen LogP contribution in [0.1, 0.15) is 28.9 Å². The molecule has 1 aliphatic rings. The average molecular weight is 382 g/mol. The highest BCUT2D eigenvalue weighted by Crippen LogP contribution is 2.30. The fraction of sp³-hybridized carbons (Fsp3) is 0.300. The van der Waals surface area contributed by atoms with Crippen molar-refractivity contribution < 1.29 is 18.5 Å². The number of carbonyl (C=O) groups excluding carboxylic acids is 2. The van der Waals surface area contributed by atoms with Gasteiger partial charge in [0.05, 0.1) is 22.3 Å². The average Bonchev–Trinajstić information content (AvgIpc) is 3.08. The van der Waals surface area contributed by atoms with Crippen LogP contribution in [-0.2, 0) is 4.79 Å². The predicted octanol–water partition coefficient (Wildman–Crippen LogP) is 2.67. The number of aryl methyl sites for hydroxylation is 1. The molecule has 0 atom stereocenters. The number of nitrogens with two attached hydrogens (primary N) is 1. The van der Waals surface area contributed by atoms with Crippen LogP contribution in [0, 0.1) is 18.7 Å². The molecule has 1 saturated heterocycles. The number of rotatable bonds is 3. The molecule has 3 heterocycles. The summed E-state index contributed by atoms with van der Waals surface area (Å²) in [6.07, 6.45) is 1.05. The maximum atomic E-state index is 14.3. The minimum atomic E-state index is -0.439. The summed E-state index contributed by atoms with van der Waals surface area (Å²) in [7, 11) is 0. The van der Waals surface area contributed by atoms with E-state index in [1.807, 2.05) is 0 Å². The van der Waals surface area contributed by atoms with Crippen LogP contribution >= 0.6 is 0 Å². The molecule has 0 aliphatic carbocycles. The number of piperidine rings is 1. The zero-order valence-electron chi connectivity index (χ0n) is 15.3. The number of hydrogen-bond acceptors (Lipinski definition) is 5. The van der Waals surface area contributed by atoms with Gasteiger partial charge in [0.1, 0.15) is 5.82 Å². The second kappa shape index (κ2) is 7.03. The van der Waals surface area contributed by atoms with Gasteiger partial charge < -0.3 is 15.2 Å². The van der Waals surface area contributed by atoms with Crippen LogP contribution in [0.2, 0.25) is 0 Å². The van der Waals surface area contributed by atoms with E-state index in [9.17, 15) is 14.0 Å². The Balaban J connectivity index is 1.75. The third-order valence-electron chi connectivity index (χ3n) is 5.18. The van der Waals surface area contributed by atoms with Crippen molar-refractivity contribution >= 4 is 22.9 Å². The molecule has 7 nitrogen and oxygen atoms in total. The van der Waals surface area contributed by atoms with Gasteiger partial charge in [-0.2, -0.15) is 0 Å². The number of likely N-dealkylation sites (tertiary alicyclic amines) is 1. The Morgan fingerprint density at radius 3 is 2.64 bits per heavy atom. The van der Waals surface area contributed by atoms with Gasteiger partial charge in [0.2, 0.25) is 5.91 Å². The smallest absolute Gasteiger partial charge is 0.259 e. The van der Waals surface area contributed by atoms with Crippen LogP contribution in [0.25, 0.3) is 22.4 Å². The highest BCUT2D eigenvalue weighted by atomic mass is 19.1. The van der Waals surface area contributed by atoms with Crippen LogP contribution in [0.4, 0.5) is 4.39 Å². The molecular weight excluding hydrogens is 363 g/mol. The molecule has 0 spiro atoms. The van der Waals surface area contributed by atoms with Gasteiger partial charge in [0.25, 0.3) is 11.6 Å². The number of fused-ring (bicyclic) bond motifs is 1. The number of halogens is 1. The normalized spacial score (nSPS) is 15.1. The number of primary amides is 1. The molecule has 1 aliphatic heterocycles. The van der Waals surface area contributed by atoms with Crippen molar-refractivity contribution in [2.75, 3.05) is 13.1 Å². The lowest BCUT2D eigenvalue weighted by molar-refractivity contribution is -0.123. The molecule has 4 rings (SSSR count). The maximum absolute atomic E-state index is 14.3. The van der Waals surface area contributed by atoms with Gasteiger partial charge in [-0.3, -0.25) is 9.59 Å². The van der Waals surface area contributed by atoms with Crippen LogP contribution in [0.5, 0.6) is 0 Å². The molecule has 1 fully saturated rings. The number of benzene rings is 1. The fourth-order valence-electron chi connectivity index (χ4n) is 3.61. The number of hydrogen-bond donors (Lipinski definition) is 1. The maximum Gasteiger partial charge on any atom is 0.259 e. The van der Waals surface area contributed by atoms with Gasteiger partial charge in [-0.1, -0.05) is 17.3 Å². The van der Waals surface area contributed by atoms with Gasteiger partial charge in [0.15, 0.2) is 0 Å². The molecule has 0 unspecified atom stereocenters. The van der Waals surface area contributed by atoms with Gasteiger partial charge >= 0.3 is 0 Å². The molecule has 3 aromatic rings. The van der Waals surface area contributed by atoms with Crippen molar-refractivity contribution in [1.29, 1.82) is 0 Å². The summed E-state index contributed by atoms with van der Waals surface area (Å²) >= 11 is 0. The SMILES string of the molecule is Cc1noc2nc(-c3ccccc3F)cc(C(=O)N3CCC(C(N)=O)CC3)c12. The molecule has 8 heteroatoms. The Morgan fingerprint density at radius 1 is 1.25 bits per heavy atom. The van der Waals surface area contributed by atoms with Gasteiger partial charge in [-0.05, 0) is 38.0 Å². The first-order valence-electron chi connectivity index (χ1n) is 9.06. The highest BCUT2D eigenvalue weighted by molar-refractivity contribution is 6.07. The molecule has 28 heavy (non-hydrogen) atoms. The molecule has 2 aromatic heterocycles. The molecule has 1 aromatic carbocycles. The third-order valence-corrected chi connectivity index (χ3v) is 5.18. The minimum absolute atomic E-state index is 0.189. The summed E-state index contributed by atoms with van der Waals surface area (Å²) < 4.78 is 19.5. The van der Waals surface area contributed by atoms with Gasteiger partial charge in [-0.25, -0.2) is 9.37 Å². The van der Waals surface area contributed by atoms with Crippen LogP contribution in [-0.4, -0.2) is 39.9 Å². The molecule has 0 bridgehead atoms. The monoisotopic (exact) mass is 382 g/mol. The summed E-state index contributed by atoms with van der Waals surface area (Å²) in [6.45, 7) is 2.58. The first-order chi connectivity index (χ1) is 13.5. The van der Waals surface area contributed by atoms with E-state index < -0.39 is 5.82 Å². The van der Waals surface area contributed by atoms with E-state index in [0.29, 0.717) is 48.3 Å². The van der Waals surface area contributed by atoms with Crippen molar-refractivity contribution in [3.8, 4) is 11.3 Å². The lowest BCUT2D eigenvalue weighted by Crippen LogP contribution is -2.41. The van der Waals surface area contributed by atoms with E-state index in [1.54, 1.807) is 36.1 Å². The van der Waals surface area contributed by atoms with Crippen molar-refractivity contribution in [2.45, 2.75) is 19.8 Å². The van der Waals surface area contributed by atoms with Crippen molar-refractivity contribution in [3.63, 3.8) is 0 Å². The number of aromatic nitrogens is 2. The van der Waals surface area contributed by atoms with Crippen LogP contribution in [0.15, 0.2) is 34.9 Å². The van der Waals surface area contributed by atoms with Gasteiger partial charge in [0, 0.05) is 24.6 Å². The van der Waals surface area contributed by atoms with E-state index in [-0.39, 0.29) is 29.0 Å². The number of amides is 2. The van der Waals surface area contributed by atoms with E-state index in [2.05, 4.69) is 10.1 Å². The summed E-state index contributed by atoms with van der Waals surface area (Å²) in [5.41, 5.74) is 7.04. The second-order valence-corrected chi connectivity index (χ2v) is 6.95. The van der Waals surface area contributed by atoms with E-state index >= 15 is 0 Å². The van der Waals surface area contributed by atoms with E-state index in [0.717, 1.165) is 0 Å². The fourth-order valence-corrected chi connectivity index (χ4v) is 3.61. The second-order valence-electron chi connectivity index (χ2n) is 6.95. The van der Waals surface area contributed by atoms with Crippen molar-refractivity contribution in [3.05, 3.63) is 47.4 Å². The zero-order chi connectivity index (χ0) is 19.8. The van der Waals surface area contributed by atoms with E-state index in [1.165, 1.54) is 6.07 Å². The standard InChI is InChI=1S/C20H19FN4O3/c1-11-17-14(20(27)25-8-6-12(7-9-25)18(22)26)10-16(23-19(17)28-24-11)13-4-2-3-5-15(13)21/h2-5,10,12H,6-9H2,1H3,(H2,22,26). The summed E-state index contributed by atoms with van der Waals surface area (Å²) in [5.74, 6) is -1.21. The Morgan fingerprint density at radius 2 is 1.96 bits per heavy atom. The molecule has 0 radical (unpaired) electrons. The van der Waals surface area contributed by atoms with Crippen LogP contribution in [0.3, 0.4) is 0 Å². The first-order valence-corrected chi connectivity index (χ1v) is 9.06. The highest BCUT2D eigenvalue weighted by Gasteiger charge is 2.29. The summed E-state index contributed by atoms with van der Waals surface area (Å²) in [4.78, 5) is 30.6. The lowest BCUT2D eigenvalue weighted by atomic mass is 9.95. The molecule has 144 valence electrons. The Labute approximate surface area is 160 Å². The predicted molar refractivity (Wildman–Crippen MR) is 99.8 cm³/mol. The number of carbonyl (C=O) groups is 2. The van der Waals surface area contributed by atoms with Crippen LogP contribution < -0.4 is 5.73 Å². The van der Waals surface area contributed by atoms with E-state index in [4.69, 9.17) is 10.3 Å². The topological polar surface area (TPSA) is 102 Å². The lowest BCUT2D eigenvalue weighted by Gasteiger charge is -2.30. The molecule has 2 amide bonds. The Kier molecular flexibility index (Phi) is 4.54. The molecular formula is C20H19FN4O3. The molecule has 0 saturated carbocycles. The van der Waals surface area contributed by atoms with Crippen molar-refractivity contribution in [2.24, 2.45) is 11.7 Å². The third kappa shape index (κ3) is 3.11. The summed E-state index contributed by atoms with van der Waals surface area (Å²) in [6, 6.07) is 7.80. The Bertz CT molecular complexity index is 1070.